The number of benzene rings is 1. The van der Waals surface area contributed by atoms with E-state index in [1.165, 1.54) is 12.1 Å². The summed E-state index contributed by atoms with van der Waals surface area (Å²) in [6, 6.07) is 7.02. The molecule has 0 saturated carbocycles. The Bertz CT molecular complexity index is 553. The van der Waals surface area contributed by atoms with E-state index < -0.39 is 10.0 Å². The van der Waals surface area contributed by atoms with E-state index in [4.69, 9.17) is 9.88 Å². The van der Waals surface area contributed by atoms with Crippen LogP contribution in [-0.2, 0) is 14.8 Å². The fourth-order valence-electron chi connectivity index (χ4n) is 2.35. The number of sulfonamides is 1. The molecule has 0 fully saturated rings. The summed E-state index contributed by atoms with van der Waals surface area (Å²) in [6.07, 6.45) is 0.878. The predicted octanol–water partition coefficient (Wildman–Crippen LogP) is 2.19. The summed E-state index contributed by atoms with van der Waals surface area (Å²) in [6.45, 7) is 8.26. The third kappa shape index (κ3) is 5.74. The molecule has 0 saturated heterocycles. The molecule has 0 bridgehead atoms. The molecule has 0 aliphatic heterocycles. The van der Waals surface area contributed by atoms with Crippen molar-refractivity contribution in [2.45, 2.75) is 56.7 Å². The zero-order valence-electron chi connectivity index (χ0n) is 13.4. The Hall–Kier alpha value is -0.950. The third-order valence-electron chi connectivity index (χ3n) is 3.59. The lowest BCUT2D eigenvalue weighted by Gasteiger charge is -2.29. The topological polar surface area (TPSA) is 81.4 Å². The molecule has 0 aliphatic rings. The van der Waals surface area contributed by atoms with E-state index in [1.807, 2.05) is 6.92 Å². The number of hydrogen-bond donors (Lipinski definition) is 2. The molecule has 3 N–H and O–H groups in total. The lowest BCUT2D eigenvalue weighted by molar-refractivity contribution is 0.00782. The number of nitrogens with one attached hydrogen (secondary N) is 1. The highest BCUT2D eigenvalue weighted by molar-refractivity contribution is 7.89. The van der Waals surface area contributed by atoms with Gasteiger partial charge in [0.1, 0.15) is 0 Å². The van der Waals surface area contributed by atoms with Gasteiger partial charge in [0.25, 0.3) is 0 Å². The summed E-state index contributed by atoms with van der Waals surface area (Å²) >= 11 is 0. The lowest BCUT2D eigenvalue weighted by atomic mass is 9.98. The predicted molar refractivity (Wildman–Crippen MR) is 84.5 cm³/mol. The van der Waals surface area contributed by atoms with E-state index in [-0.39, 0.29) is 22.6 Å². The van der Waals surface area contributed by atoms with Crippen molar-refractivity contribution in [3.05, 3.63) is 29.8 Å². The van der Waals surface area contributed by atoms with Crippen LogP contribution in [0.5, 0.6) is 0 Å². The van der Waals surface area contributed by atoms with Crippen LogP contribution < -0.4 is 10.5 Å². The molecule has 5 nitrogen and oxygen atoms in total. The molecule has 1 aromatic carbocycles. The summed E-state index contributed by atoms with van der Waals surface area (Å²) in [7, 11) is -1.92. The van der Waals surface area contributed by atoms with Crippen molar-refractivity contribution in [2.24, 2.45) is 5.14 Å². The average Bonchev–Trinajstić information content (AvgIpc) is 2.37. The van der Waals surface area contributed by atoms with E-state index >= 15 is 0 Å². The maximum absolute atomic E-state index is 11.2. The number of hydrogen-bond acceptors (Lipinski definition) is 4. The standard InChI is InChI=1S/C15H26N2O3S/c1-11(10-15(3,4)20-5)17-12(2)13-6-8-14(9-7-13)21(16,18)19/h6-9,11-12,17H,10H2,1-5H3,(H2,16,18,19). The lowest BCUT2D eigenvalue weighted by Crippen LogP contribution is -2.36. The van der Waals surface area contributed by atoms with Gasteiger partial charge in [-0.05, 0) is 51.8 Å². The maximum atomic E-state index is 11.2. The van der Waals surface area contributed by atoms with Crippen molar-refractivity contribution < 1.29 is 13.2 Å². The summed E-state index contributed by atoms with van der Waals surface area (Å²) < 4.78 is 27.9. The van der Waals surface area contributed by atoms with Crippen LogP contribution in [-0.4, -0.2) is 27.2 Å². The molecule has 0 heterocycles. The largest absolute Gasteiger partial charge is 0.379 e. The molecule has 0 aromatic heterocycles. The van der Waals surface area contributed by atoms with E-state index in [0.29, 0.717) is 0 Å². The minimum Gasteiger partial charge on any atom is -0.379 e. The van der Waals surface area contributed by atoms with Gasteiger partial charge in [-0.25, -0.2) is 13.6 Å². The third-order valence-corrected chi connectivity index (χ3v) is 4.52. The molecule has 6 heteroatoms. The van der Waals surface area contributed by atoms with Gasteiger partial charge in [0.05, 0.1) is 10.5 Å². The highest BCUT2D eigenvalue weighted by atomic mass is 32.2. The second-order valence-corrected chi connectivity index (χ2v) is 7.63. The van der Waals surface area contributed by atoms with Crippen LogP contribution in [0.2, 0.25) is 0 Å². The molecule has 0 aliphatic carbocycles. The Morgan fingerprint density at radius 3 is 2.19 bits per heavy atom. The van der Waals surface area contributed by atoms with Gasteiger partial charge >= 0.3 is 0 Å². The Labute approximate surface area is 127 Å². The van der Waals surface area contributed by atoms with Gasteiger partial charge in [-0.3, -0.25) is 0 Å². The Morgan fingerprint density at radius 2 is 1.76 bits per heavy atom. The van der Waals surface area contributed by atoms with E-state index in [9.17, 15) is 8.42 Å². The van der Waals surface area contributed by atoms with Gasteiger partial charge in [0.15, 0.2) is 0 Å². The minimum atomic E-state index is -3.63. The van der Waals surface area contributed by atoms with Crippen molar-refractivity contribution in [3.63, 3.8) is 0 Å². The van der Waals surface area contributed by atoms with Crippen LogP contribution in [0.25, 0.3) is 0 Å². The number of ether oxygens (including phenoxy) is 1. The SMILES string of the molecule is COC(C)(C)CC(C)NC(C)c1ccc(S(N)(=O)=O)cc1. The fourth-order valence-corrected chi connectivity index (χ4v) is 2.86. The van der Waals surface area contributed by atoms with Crippen molar-refractivity contribution in [3.8, 4) is 0 Å². The van der Waals surface area contributed by atoms with Gasteiger partial charge < -0.3 is 10.1 Å². The molecule has 0 spiro atoms. The van der Waals surface area contributed by atoms with Crippen LogP contribution in [0.4, 0.5) is 0 Å². The number of primary sulfonamides is 1. The highest BCUT2D eigenvalue weighted by Crippen LogP contribution is 2.20. The first-order chi connectivity index (χ1) is 9.55. The van der Waals surface area contributed by atoms with Crippen LogP contribution in [0.1, 0.15) is 45.7 Å². The minimum absolute atomic E-state index is 0.113. The van der Waals surface area contributed by atoms with Gasteiger partial charge in [-0.2, -0.15) is 0 Å². The van der Waals surface area contributed by atoms with Crippen molar-refractivity contribution in [2.75, 3.05) is 7.11 Å². The molecule has 0 radical (unpaired) electrons. The van der Waals surface area contributed by atoms with Crippen LogP contribution in [0, 0.1) is 0 Å². The van der Waals surface area contributed by atoms with E-state index in [0.717, 1.165) is 12.0 Å². The number of rotatable bonds is 7. The first kappa shape index (κ1) is 18.1. The Morgan fingerprint density at radius 1 is 1.24 bits per heavy atom. The average molecular weight is 314 g/mol. The highest BCUT2D eigenvalue weighted by Gasteiger charge is 2.21. The molecule has 1 rings (SSSR count). The monoisotopic (exact) mass is 314 g/mol. The first-order valence-corrected chi connectivity index (χ1v) is 8.54. The molecule has 1 aromatic rings. The summed E-state index contributed by atoms with van der Waals surface area (Å²) in [5.41, 5.74) is 0.841. The molecule has 21 heavy (non-hydrogen) atoms. The van der Waals surface area contributed by atoms with Gasteiger partial charge in [0, 0.05) is 19.2 Å². The summed E-state index contributed by atoms with van der Waals surface area (Å²) in [5, 5.41) is 8.58. The first-order valence-electron chi connectivity index (χ1n) is 6.99. The second kappa shape index (κ2) is 6.87. The number of methoxy groups -OCH3 is 1. The quantitative estimate of drug-likeness (QED) is 0.808. The normalized spacial score (nSPS) is 15.7. The molecular formula is C15H26N2O3S. The summed E-state index contributed by atoms with van der Waals surface area (Å²) in [5.74, 6) is 0. The molecule has 2 unspecified atom stereocenters. The van der Waals surface area contributed by atoms with E-state index in [1.54, 1.807) is 19.2 Å². The van der Waals surface area contributed by atoms with Crippen molar-refractivity contribution in [1.29, 1.82) is 0 Å². The van der Waals surface area contributed by atoms with Crippen LogP contribution in [0.15, 0.2) is 29.2 Å². The van der Waals surface area contributed by atoms with Crippen molar-refractivity contribution >= 4 is 10.0 Å². The molecule has 2 atom stereocenters. The molecule has 0 amide bonds. The molecular weight excluding hydrogens is 288 g/mol. The Balaban J connectivity index is 2.70. The zero-order valence-corrected chi connectivity index (χ0v) is 14.2. The fraction of sp³-hybridized carbons (Fsp3) is 0.600. The number of nitrogens with two attached hydrogens (primary N) is 1. The van der Waals surface area contributed by atoms with Crippen LogP contribution in [0.3, 0.4) is 0 Å². The zero-order chi connectivity index (χ0) is 16.3. The summed E-state index contributed by atoms with van der Waals surface area (Å²) in [4.78, 5) is 0.131. The second-order valence-electron chi connectivity index (χ2n) is 6.07. The van der Waals surface area contributed by atoms with Crippen LogP contribution >= 0.6 is 0 Å². The van der Waals surface area contributed by atoms with Gasteiger partial charge in [-0.15, -0.1) is 0 Å². The molecule has 120 valence electrons. The van der Waals surface area contributed by atoms with Crippen molar-refractivity contribution in [1.82, 2.24) is 5.32 Å². The van der Waals surface area contributed by atoms with Gasteiger partial charge in [0.2, 0.25) is 10.0 Å². The Kier molecular flexibility index (Phi) is 5.92. The maximum Gasteiger partial charge on any atom is 0.238 e. The van der Waals surface area contributed by atoms with Gasteiger partial charge in [-0.1, -0.05) is 12.1 Å². The smallest absolute Gasteiger partial charge is 0.238 e. The van der Waals surface area contributed by atoms with E-state index in [2.05, 4.69) is 26.1 Å².